The van der Waals surface area contributed by atoms with Crippen molar-refractivity contribution in [3.63, 3.8) is 0 Å². The number of amides is 1. The van der Waals surface area contributed by atoms with Gasteiger partial charge in [-0.1, -0.05) is 0 Å². The number of hydrogen-bond acceptors (Lipinski definition) is 4. The summed E-state index contributed by atoms with van der Waals surface area (Å²) in [6.07, 6.45) is 5.50. The zero-order valence-electron chi connectivity index (χ0n) is 13.2. The van der Waals surface area contributed by atoms with E-state index in [2.05, 4.69) is 15.0 Å². The Morgan fingerprint density at radius 2 is 1.96 bits per heavy atom. The Hall–Kier alpha value is -2.23. The molecule has 0 radical (unpaired) electrons. The molecule has 1 aromatic carbocycles. The molecule has 0 N–H and O–H groups in total. The number of nitrogens with zero attached hydrogens (tertiary/aromatic N) is 3. The number of aromatic nitrogens is 2. The van der Waals surface area contributed by atoms with Crippen LogP contribution in [0, 0.1) is 0 Å². The Kier molecular flexibility index (Phi) is 4.77. The van der Waals surface area contributed by atoms with E-state index < -0.39 is 15.8 Å². The molecule has 0 bridgehead atoms. The van der Waals surface area contributed by atoms with Gasteiger partial charge in [-0.15, -0.1) is 0 Å². The summed E-state index contributed by atoms with van der Waals surface area (Å²) in [5, 5.41) is 1.98. The summed E-state index contributed by atoms with van der Waals surface area (Å²) in [6, 6.07) is 15.9. The zero-order chi connectivity index (χ0) is 17.1. The minimum atomic E-state index is -0.483. The molecule has 3 heterocycles. The van der Waals surface area contributed by atoms with Crippen molar-refractivity contribution in [1.29, 1.82) is 0 Å². The molecule has 0 fully saturated rings. The maximum absolute atomic E-state index is 12.2. The monoisotopic (exact) mass is 407 g/mol. The Balaban J connectivity index is 1.48. The zero-order valence-corrected chi connectivity index (χ0v) is 16.1. The Bertz CT molecular complexity index is 1000. The molecule has 6 heteroatoms. The van der Waals surface area contributed by atoms with Crippen LogP contribution in [0.2, 0.25) is 0 Å². The molecule has 1 aliphatic rings. The van der Waals surface area contributed by atoms with Gasteiger partial charge in [0.2, 0.25) is 0 Å². The third-order valence-electron chi connectivity index (χ3n) is 3.69. The summed E-state index contributed by atoms with van der Waals surface area (Å²) >= 11 is 1.03. The maximum atomic E-state index is 12.2. The first-order valence-electron chi connectivity index (χ1n) is 7.79. The molecule has 2 aromatic heterocycles. The molecule has 122 valence electrons. The second kappa shape index (κ2) is 7.34. The number of carbonyl (C=O) groups excluding carboxylic acids is 1. The quantitative estimate of drug-likeness (QED) is 0.492. The Labute approximate surface area is 156 Å². The molecule has 0 aliphatic carbocycles. The molecular formula is C19H14AsN3OS. The van der Waals surface area contributed by atoms with Gasteiger partial charge in [0, 0.05) is 0 Å². The molecule has 1 atom stereocenters. The first-order chi connectivity index (χ1) is 12.3. The number of aliphatic imine (C=N–C) groups is 1. The fourth-order valence-electron chi connectivity index (χ4n) is 2.49. The molecule has 4 nitrogen and oxygen atoms in total. The van der Waals surface area contributed by atoms with E-state index in [0.717, 1.165) is 31.2 Å². The SMILES string of the molecule is O=C1N=C([AsH]Cc2ccccn2)S/C1=C\c1ccc2ncccc2c1. The van der Waals surface area contributed by atoms with Crippen molar-refractivity contribution < 1.29 is 4.79 Å². The predicted molar refractivity (Wildman–Crippen MR) is 105 cm³/mol. The minimum absolute atomic E-state index is 0.129. The molecule has 1 unspecified atom stereocenters. The molecular weight excluding hydrogens is 393 g/mol. The third-order valence-corrected chi connectivity index (χ3v) is 7.88. The number of carbonyl (C=O) groups is 1. The van der Waals surface area contributed by atoms with E-state index in [1.54, 1.807) is 12.4 Å². The number of fused-ring (bicyclic) bond motifs is 1. The molecule has 3 aromatic rings. The first kappa shape index (κ1) is 16.2. The van der Waals surface area contributed by atoms with Gasteiger partial charge in [-0.05, 0) is 0 Å². The van der Waals surface area contributed by atoms with Crippen molar-refractivity contribution >= 4 is 54.2 Å². The summed E-state index contributed by atoms with van der Waals surface area (Å²) in [6.45, 7) is 0. The summed E-state index contributed by atoms with van der Waals surface area (Å²) in [7, 11) is 0. The molecule has 25 heavy (non-hydrogen) atoms. The standard InChI is InChI=1S/C19H14AsN3OS/c24-18-17(11-13-6-7-16-14(10-13)4-3-9-22-16)25-19(23-18)20-12-15-5-1-2-8-21-15/h1-11,20H,12H2/b17-11-. The van der Waals surface area contributed by atoms with Crippen molar-refractivity contribution in [1.82, 2.24) is 9.97 Å². The summed E-state index contributed by atoms with van der Waals surface area (Å²) in [5.41, 5.74) is 3.02. The van der Waals surface area contributed by atoms with Crippen molar-refractivity contribution in [2.45, 2.75) is 5.21 Å². The predicted octanol–water partition coefficient (Wildman–Crippen LogP) is 3.24. The van der Waals surface area contributed by atoms with E-state index >= 15 is 0 Å². The summed E-state index contributed by atoms with van der Waals surface area (Å²) in [4.78, 5) is 25.8. The van der Waals surface area contributed by atoms with Crippen molar-refractivity contribution in [2.75, 3.05) is 0 Å². The van der Waals surface area contributed by atoms with Gasteiger partial charge in [0.05, 0.1) is 0 Å². The van der Waals surface area contributed by atoms with Crippen LogP contribution in [-0.4, -0.2) is 35.5 Å². The van der Waals surface area contributed by atoms with Crippen molar-refractivity contribution in [2.24, 2.45) is 4.99 Å². The number of rotatable bonds is 4. The van der Waals surface area contributed by atoms with E-state index in [-0.39, 0.29) is 5.91 Å². The van der Waals surface area contributed by atoms with Crippen LogP contribution in [-0.2, 0) is 10.0 Å². The van der Waals surface area contributed by atoms with Gasteiger partial charge < -0.3 is 0 Å². The molecule has 0 saturated carbocycles. The molecule has 4 rings (SSSR count). The van der Waals surface area contributed by atoms with Crippen LogP contribution in [0.4, 0.5) is 0 Å². The van der Waals surface area contributed by atoms with Gasteiger partial charge in [0.15, 0.2) is 0 Å². The second-order valence-electron chi connectivity index (χ2n) is 5.46. The van der Waals surface area contributed by atoms with Crippen LogP contribution >= 0.6 is 11.8 Å². The average molecular weight is 407 g/mol. The number of hydrogen-bond donors (Lipinski definition) is 0. The van der Waals surface area contributed by atoms with E-state index in [4.69, 9.17) is 0 Å². The average Bonchev–Trinajstić information content (AvgIpc) is 3.00. The van der Waals surface area contributed by atoms with Gasteiger partial charge in [-0.2, -0.15) is 0 Å². The number of thioether (sulfide) groups is 1. The van der Waals surface area contributed by atoms with Gasteiger partial charge in [0.1, 0.15) is 0 Å². The van der Waals surface area contributed by atoms with Crippen LogP contribution in [0.5, 0.6) is 0 Å². The Morgan fingerprint density at radius 3 is 2.84 bits per heavy atom. The van der Waals surface area contributed by atoms with Gasteiger partial charge >= 0.3 is 156 Å². The van der Waals surface area contributed by atoms with Crippen molar-refractivity contribution in [3.05, 3.63) is 77.1 Å². The van der Waals surface area contributed by atoms with Gasteiger partial charge in [0.25, 0.3) is 0 Å². The van der Waals surface area contributed by atoms with E-state index in [9.17, 15) is 4.79 Å². The fraction of sp³-hybridized carbons (Fsp3) is 0.0526. The summed E-state index contributed by atoms with van der Waals surface area (Å²) < 4.78 is 0.976. The van der Waals surface area contributed by atoms with Gasteiger partial charge in [-0.25, -0.2) is 0 Å². The summed E-state index contributed by atoms with van der Waals surface area (Å²) in [5.74, 6) is -0.129. The molecule has 1 aliphatic heterocycles. The second-order valence-corrected chi connectivity index (χ2v) is 9.73. The van der Waals surface area contributed by atoms with Crippen LogP contribution in [0.15, 0.2) is 70.8 Å². The fourth-order valence-corrected chi connectivity index (χ4v) is 6.26. The number of benzene rings is 1. The molecule has 1 amide bonds. The van der Waals surface area contributed by atoms with Crippen LogP contribution in [0.1, 0.15) is 11.3 Å². The third kappa shape index (κ3) is 3.89. The van der Waals surface area contributed by atoms with Crippen LogP contribution in [0.25, 0.3) is 17.0 Å². The molecule has 0 spiro atoms. The van der Waals surface area contributed by atoms with E-state index in [1.807, 2.05) is 54.6 Å². The van der Waals surface area contributed by atoms with Crippen LogP contribution in [0.3, 0.4) is 0 Å². The normalized spacial score (nSPS) is 16.2. The van der Waals surface area contributed by atoms with Crippen LogP contribution < -0.4 is 0 Å². The van der Waals surface area contributed by atoms with Crippen molar-refractivity contribution in [3.8, 4) is 0 Å². The van der Waals surface area contributed by atoms with Gasteiger partial charge in [-0.3, -0.25) is 0 Å². The Morgan fingerprint density at radius 1 is 1.04 bits per heavy atom. The topological polar surface area (TPSA) is 55.2 Å². The molecule has 0 saturated heterocycles. The number of pyridine rings is 2. The van der Waals surface area contributed by atoms with E-state index in [1.165, 1.54) is 11.8 Å². The first-order valence-corrected chi connectivity index (χ1v) is 11.1. The van der Waals surface area contributed by atoms with E-state index in [0.29, 0.717) is 4.91 Å².